The van der Waals surface area contributed by atoms with Crippen LogP contribution in [0.25, 0.3) is 16.6 Å². The number of amides is 1. The van der Waals surface area contributed by atoms with Crippen LogP contribution in [-0.2, 0) is 11.3 Å². The SMILES string of the molecule is Cc1ccc(-n2c(SCC(=O)NCc3ccco3)nc3ccccc3c2=O)c(C)c1. The van der Waals surface area contributed by atoms with Crippen molar-refractivity contribution >= 4 is 28.6 Å². The fraction of sp³-hybridized carbons (Fsp3) is 0.174. The molecular weight excluding hydrogens is 398 g/mol. The summed E-state index contributed by atoms with van der Waals surface area (Å²) in [6.07, 6.45) is 1.57. The Labute approximate surface area is 177 Å². The smallest absolute Gasteiger partial charge is 0.266 e. The second-order valence-electron chi connectivity index (χ2n) is 6.99. The molecule has 4 aromatic rings. The van der Waals surface area contributed by atoms with Gasteiger partial charge in [-0.3, -0.25) is 14.2 Å². The van der Waals surface area contributed by atoms with Crippen molar-refractivity contribution in [3.8, 4) is 5.69 Å². The van der Waals surface area contributed by atoms with Crippen molar-refractivity contribution in [1.29, 1.82) is 0 Å². The highest BCUT2D eigenvalue weighted by atomic mass is 32.2. The van der Waals surface area contributed by atoms with E-state index in [1.54, 1.807) is 29.0 Å². The van der Waals surface area contributed by atoms with E-state index < -0.39 is 0 Å². The summed E-state index contributed by atoms with van der Waals surface area (Å²) in [5, 5.41) is 3.85. The van der Waals surface area contributed by atoms with Gasteiger partial charge in [0, 0.05) is 0 Å². The molecule has 0 aliphatic rings. The molecule has 2 aromatic carbocycles. The summed E-state index contributed by atoms with van der Waals surface area (Å²) in [5.74, 6) is 0.659. The van der Waals surface area contributed by atoms with Crippen molar-refractivity contribution in [3.05, 3.63) is 88.1 Å². The maximum absolute atomic E-state index is 13.3. The van der Waals surface area contributed by atoms with Crippen molar-refractivity contribution < 1.29 is 9.21 Å². The third-order valence-corrected chi connectivity index (χ3v) is 5.65. The van der Waals surface area contributed by atoms with Crippen molar-refractivity contribution in [3.63, 3.8) is 0 Å². The number of aryl methyl sites for hydroxylation is 2. The van der Waals surface area contributed by atoms with Crippen LogP contribution in [0.3, 0.4) is 0 Å². The standard InChI is InChI=1S/C23H21N3O3S/c1-15-9-10-20(16(2)12-15)26-22(28)18-7-3-4-8-19(18)25-23(26)30-14-21(27)24-13-17-6-5-11-29-17/h3-12H,13-14H2,1-2H3,(H,24,27). The fourth-order valence-electron chi connectivity index (χ4n) is 3.26. The molecule has 0 radical (unpaired) electrons. The predicted octanol–water partition coefficient (Wildman–Crippen LogP) is 4.00. The van der Waals surface area contributed by atoms with Gasteiger partial charge in [0.2, 0.25) is 5.91 Å². The quantitative estimate of drug-likeness (QED) is 0.378. The zero-order chi connectivity index (χ0) is 21.1. The van der Waals surface area contributed by atoms with Crippen molar-refractivity contribution in [1.82, 2.24) is 14.9 Å². The Morgan fingerprint density at radius 3 is 2.73 bits per heavy atom. The van der Waals surface area contributed by atoms with Gasteiger partial charge in [-0.25, -0.2) is 4.98 Å². The minimum atomic E-state index is -0.161. The van der Waals surface area contributed by atoms with Crippen molar-refractivity contribution in [2.45, 2.75) is 25.5 Å². The van der Waals surface area contributed by atoms with E-state index in [0.29, 0.717) is 28.4 Å². The monoisotopic (exact) mass is 419 g/mol. The molecule has 0 saturated heterocycles. The first-order valence-corrected chi connectivity index (χ1v) is 10.5. The first-order valence-electron chi connectivity index (χ1n) is 9.54. The van der Waals surface area contributed by atoms with E-state index in [1.165, 1.54) is 11.8 Å². The number of carbonyl (C=O) groups is 1. The number of para-hydroxylation sites is 1. The van der Waals surface area contributed by atoms with E-state index in [2.05, 4.69) is 10.3 Å². The van der Waals surface area contributed by atoms with E-state index in [4.69, 9.17) is 4.42 Å². The molecule has 2 aromatic heterocycles. The van der Waals surface area contributed by atoms with Crippen LogP contribution in [0.15, 0.2) is 75.2 Å². The lowest BCUT2D eigenvalue weighted by Gasteiger charge is -2.15. The number of carbonyl (C=O) groups excluding carboxylic acids is 1. The Hall–Kier alpha value is -3.32. The molecule has 0 aliphatic carbocycles. The van der Waals surface area contributed by atoms with Crippen molar-refractivity contribution in [2.75, 3.05) is 5.75 Å². The van der Waals surface area contributed by atoms with Crippen LogP contribution in [0.1, 0.15) is 16.9 Å². The van der Waals surface area contributed by atoms with Gasteiger partial charge < -0.3 is 9.73 Å². The van der Waals surface area contributed by atoms with Crippen LogP contribution in [0.4, 0.5) is 0 Å². The maximum atomic E-state index is 13.3. The number of benzene rings is 2. The number of thioether (sulfide) groups is 1. The predicted molar refractivity (Wildman–Crippen MR) is 118 cm³/mol. The average Bonchev–Trinajstić information content (AvgIpc) is 3.25. The Kier molecular flexibility index (Phi) is 5.72. The summed E-state index contributed by atoms with van der Waals surface area (Å²) >= 11 is 1.24. The van der Waals surface area contributed by atoms with Crippen LogP contribution in [-0.4, -0.2) is 21.2 Å². The maximum Gasteiger partial charge on any atom is 0.266 e. The van der Waals surface area contributed by atoms with E-state index in [9.17, 15) is 9.59 Å². The van der Waals surface area contributed by atoms with Gasteiger partial charge >= 0.3 is 0 Å². The zero-order valence-corrected chi connectivity index (χ0v) is 17.5. The minimum absolute atomic E-state index is 0.135. The number of furan rings is 1. The van der Waals surface area contributed by atoms with Gasteiger partial charge in [-0.05, 0) is 49.7 Å². The zero-order valence-electron chi connectivity index (χ0n) is 16.7. The van der Waals surface area contributed by atoms with Crippen LogP contribution >= 0.6 is 11.8 Å². The second kappa shape index (κ2) is 8.59. The lowest BCUT2D eigenvalue weighted by Crippen LogP contribution is -2.26. The summed E-state index contributed by atoms with van der Waals surface area (Å²) in [7, 11) is 0. The van der Waals surface area contributed by atoms with E-state index in [-0.39, 0.29) is 17.2 Å². The lowest BCUT2D eigenvalue weighted by atomic mass is 10.1. The molecule has 1 N–H and O–H groups in total. The van der Waals surface area contributed by atoms with Gasteiger partial charge in [0.25, 0.3) is 5.56 Å². The highest BCUT2D eigenvalue weighted by Gasteiger charge is 2.16. The Morgan fingerprint density at radius 1 is 1.13 bits per heavy atom. The lowest BCUT2D eigenvalue weighted by molar-refractivity contribution is -0.118. The molecule has 0 aliphatic heterocycles. The highest BCUT2D eigenvalue weighted by Crippen LogP contribution is 2.23. The fourth-order valence-corrected chi connectivity index (χ4v) is 4.09. The molecule has 2 heterocycles. The Balaban J connectivity index is 1.67. The van der Waals surface area contributed by atoms with Crippen LogP contribution in [0, 0.1) is 13.8 Å². The third-order valence-electron chi connectivity index (χ3n) is 4.71. The molecule has 30 heavy (non-hydrogen) atoms. The third kappa shape index (κ3) is 4.16. The molecule has 6 nitrogen and oxygen atoms in total. The molecule has 7 heteroatoms. The van der Waals surface area contributed by atoms with Crippen LogP contribution in [0.2, 0.25) is 0 Å². The molecular formula is C23H21N3O3S. The Bertz CT molecular complexity index is 1260. The van der Waals surface area contributed by atoms with E-state index in [1.807, 2.05) is 50.2 Å². The molecule has 152 valence electrons. The summed E-state index contributed by atoms with van der Waals surface area (Å²) in [6, 6.07) is 16.8. The molecule has 0 spiro atoms. The van der Waals surface area contributed by atoms with E-state index >= 15 is 0 Å². The number of fused-ring (bicyclic) bond motifs is 1. The number of aromatic nitrogens is 2. The summed E-state index contributed by atoms with van der Waals surface area (Å²) in [5.41, 5.74) is 3.32. The molecule has 0 saturated carbocycles. The molecule has 4 rings (SSSR count). The highest BCUT2D eigenvalue weighted by molar-refractivity contribution is 7.99. The van der Waals surface area contributed by atoms with Gasteiger partial charge in [-0.1, -0.05) is 41.6 Å². The second-order valence-corrected chi connectivity index (χ2v) is 7.93. The van der Waals surface area contributed by atoms with Gasteiger partial charge in [-0.2, -0.15) is 0 Å². The first-order chi connectivity index (χ1) is 14.5. The van der Waals surface area contributed by atoms with E-state index in [0.717, 1.165) is 16.8 Å². The average molecular weight is 420 g/mol. The number of nitrogens with one attached hydrogen (secondary N) is 1. The topological polar surface area (TPSA) is 77.1 Å². The normalized spacial score (nSPS) is 11.0. The number of rotatable bonds is 6. The van der Waals surface area contributed by atoms with Gasteiger partial charge in [-0.15, -0.1) is 0 Å². The summed E-state index contributed by atoms with van der Waals surface area (Å²) in [6.45, 7) is 4.30. The number of hydrogen-bond donors (Lipinski definition) is 1. The first kappa shape index (κ1) is 20.0. The molecule has 0 fully saturated rings. The van der Waals surface area contributed by atoms with Gasteiger partial charge in [0.1, 0.15) is 5.76 Å². The largest absolute Gasteiger partial charge is 0.467 e. The number of hydrogen-bond acceptors (Lipinski definition) is 5. The summed E-state index contributed by atoms with van der Waals surface area (Å²) in [4.78, 5) is 30.3. The number of nitrogens with zero attached hydrogens (tertiary/aromatic N) is 2. The molecule has 0 unspecified atom stereocenters. The molecule has 0 atom stereocenters. The van der Waals surface area contributed by atoms with Crippen LogP contribution < -0.4 is 10.9 Å². The summed E-state index contributed by atoms with van der Waals surface area (Å²) < 4.78 is 6.83. The minimum Gasteiger partial charge on any atom is -0.467 e. The van der Waals surface area contributed by atoms with Crippen molar-refractivity contribution in [2.24, 2.45) is 0 Å². The Morgan fingerprint density at radius 2 is 1.97 bits per heavy atom. The molecule has 0 bridgehead atoms. The molecule has 1 amide bonds. The van der Waals surface area contributed by atoms with Crippen LogP contribution in [0.5, 0.6) is 0 Å². The van der Waals surface area contributed by atoms with Gasteiger partial charge in [0.05, 0.1) is 35.2 Å². The van der Waals surface area contributed by atoms with Gasteiger partial charge in [0.15, 0.2) is 5.16 Å².